The number of rotatable bonds is 7. The monoisotopic (exact) mass is 347 g/mol. The average molecular weight is 347 g/mol. The molecule has 0 bridgehead atoms. The quantitative estimate of drug-likeness (QED) is 0.550. The van der Waals surface area contributed by atoms with Crippen LogP contribution in [0.2, 0.25) is 0 Å². The van der Waals surface area contributed by atoms with Crippen LogP contribution in [0, 0.1) is 11.3 Å². The molecule has 1 fully saturated rings. The van der Waals surface area contributed by atoms with Crippen molar-refractivity contribution in [2.75, 3.05) is 36.9 Å². The van der Waals surface area contributed by atoms with Crippen LogP contribution in [0.5, 0.6) is 0 Å². The van der Waals surface area contributed by atoms with Crippen LogP contribution < -0.4 is 4.90 Å². The van der Waals surface area contributed by atoms with Crippen LogP contribution in [-0.4, -0.2) is 54.0 Å². The zero-order valence-corrected chi connectivity index (χ0v) is 13.8. The first-order chi connectivity index (χ1) is 11.6. The highest BCUT2D eigenvalue weighted by molar-refractivity contribution is 8.13. The van der Waals surface area contributed by atoms with E-state index in [0.717, 1.165) is 5.75 Å². The van der Waals surface area contributed by atoms with Crippen molar-refractivity contribution < 1.29 is 19.1 Å². The van der Waals surface area contributed by atoms with Crippen LogP contribution in [0.25, 0.3) is 0 Å². The first-order valence-corrected chi connectivity index (χ1v) is 8.40. The van der Waals surface area contributed by atoms with Crippen LogP contribution in [-0.2, 0) is 14.3 Å². The first-order valence-electron chi connectivity index (χ1n) is 7.41. The van der Waals surface area contributed by atoms with Gasteiger partial charge in [0.2, 0.25) is 0 Å². The summed E-state index contributed by atoms with van der Waals surface area (Å²) in [5, 5.41) is 8.82. The van der Waals surface area contributed by atoms with Gasteiger partial charge in [0, 0.05) is 24.5 Å². The van der Waals surface area contributed by atoms with Gasteiger partial charge in [-0.05, 0) is 12.1 Å². The van der Waals surface area contributed by atoms with Gasteiger partial charge in [-0.1, -0.05) is 30.0 Å². The molecular formula is C16H17N3O4S. The molecule has 1 heterocycles. The van der Waals surface area contributed by atoms with Gasteiger partial charge in [-0.15, -0.1) is 0 Å². The number of benzene rings is 1. The number of anilines is 1. The van der Waals surface area contributed by atoms with Crippen LogP contribution in [0.3, 0.4) is 0 Å². The van der Waals surface area contributed by atoms with Crippen LogP contribution in [0.15, 0.2) is 30.3 Å². The Balaban J connectivity index is 1.81. The summed E-state index contributed by atoms with van der Waals surface area (Å²) in [6, 6.07) is 10.6. The molecule has 0 spiro atoms. The summed E-state index contributed by atoms with van der Waals surface area (Å²) >= 11 is 1.23. The van der Waals surface area contributed by atoms with Crippen LogP contribution >= 0.6 is 11.8 Å². The molecule has 8 heteroatoms. The summed E-state index contributed by atoms with van der Waals surface area (Å²) in [6.45, 7) is 0.358. The maximum Gasteiger partial charge on any atom is 0.308 e. The van der Waals surface area contributed by atoms with E-state index < -0.39 is 18.5 Å². The van der Waals surface area contributed by atoms with E-state index in [1.54, 1.807) is 35.2 Å². The molecule has 126 valence electrons. The average Bonchev–Trinajstić information content (AvgIpc) is 3.01. The molecular weight excluding hydrogens is 330 g/mol. The van der Waals surface area contributed by atoms with Crippen molar-refractivity contribution in [3.05, 3.63) is 30.3 Å². The molecule has 0 saturated carbocycles. The minimum Gasteiger partial charge on any atom is -0.455 e. The third-order valence-electron chi connectivity index (χ3n) is 3.39. The smallest absolute Gasteiger partial charge is 0.308 e. The van der Waals surface area contributed by atoms with Crippen molar-refractivity contribution in [3.63, 3.8) is 0 Å². The molecule has 0 atom stereocenters. The summed E-state index contributed by atoms with van der Waals surface area (Å²) < 4.78 is 4.96. The first kappa shape index (κ1) is 17.8. The maximum atomic E-state index is 12.2. The van der Waals surface area contributed by atoms with Gasteiger partial charge in [0.25, 0.3) is 11.1 Å². The van der Waals surface area contributed by atoms with E-state index in [1.165, 1.54) is 16.7 Å². The molecule has 0 aliphatic carbocycles. The van der Waals surface area contributed by atoms with E-state index in [0.29, 0.717) is 18.8 Å². The largest absolute Gasteiger partial charge is 0.455 e. The van der Waals surface area contributed by atoms with Crippen molar-refractivity contribution in [2.45, 2.75) is 6.42 Å². The molecule has 0 unspecified atom stereocenters. The van der Waals surface area contributed by atoms with E-state index in [2.05, 4.69) is 0 Å². The molecule has 24 heavy (non-hydrogen) atoms. The Kier molecular flexibility index (Phi) is 6.63. The lowest BCUT2D eigenvalue weighted by Crippen LogP contribution is -2.35. The Hall–Kier alpha value is -2.53. The number of carbonyl (C=O) groups excluding carboxylic acids is 3. The number of hydrogen-bond donors (Lipinski definition) is 0. The van der Waals surface area contributed by atoms with Crippen molar-refractivity contribution in [1.82, 2.24) is 4.90 Å². The summed E-state index contributed by atoms with van der Waals surface area (Å²) in [6.07, 6.45) is 0.0448. The molecule has 0 N–H and O–H groups in total. The van der Waals surface area contributed by atoms with E-state index >= 15 is 0 Å². The fourth-order valence-electron chi connectivity index (χ4n) is 2.15. The van der Waals surface area contributed by atoms with E-state index in [-0.39, 0.29) is 18.2 Å². The zero-order valence-electron chi connectivity index (χ0n) is 13.0. The van der Waals surface area contributed by atoms with Gasteiger partial charge >= 0.3 is 5.97 Å². The Bertz CT molecular complexity index is 644. The number of amides is 2. The number of thioether (sulfide) groups is 1. The second kappa shape index (κ2) is 8.93. The number of ether oxygens (including phenoxy) is 1. The molecule has 1 saturated heterocycles. The molecule has 1 aromatic carbocycles. The molecule has 2 rings (SSSR count). The Morgan fingerprint density at radius 3 is 2.71 bits per heavy atom. The zero-order chi connectivity index (χ0) is 17.4. The SMILES string of the molecule is N#CCN(C(=O)COC(=O)CCN1CCSC1=O)c1ccccc1. The lowest BCUT2D eigenvalue weighted by molar-refractivity contribution is -0.147. The number of hydrogen-bond acceptors (Lipinski definition) is 6. The maximum absolute atomic E-state index is 12.2. The van der Waals surface area contributed by atoms with Gasteiger partial charge in [0.15, 0.2) is 6.61 Å². The van der Waals surface area contributed by atoms with Gasteiger partial charge in [-0.3, -0.25) is 19.3 Å². The molecule has 1 aliphatic rings. The molecule has 1 aromatic rings. The lowest BCUT2D eigenvalue weighted by atomic mass is 10.3. The topological polar surface area (TPSA) is 90.7 Å². The number of esters is 1. The van der Waals surface area contributed by atoms with E-state index in [9.17, 15) is 14.4 Å². The Morgan fingerprint density at radius 1 is 1.33 bits per heavy atom. The minimum atomic E-state index is -0.544. The number of para-hydroxylation sites is 1. The van der Waals surface area contributed by atoms with Gasteiger partial charge in [0.1, 0.15) is 6.54 Å². The highest BCUT2D eigenvalue weighted by atomic mass is 32.2. The minimum absolute atomic E-state index is 0.0388. The highest BCUT2D eigenvalue weighted by Gasteiger charge is 2.22. The normalized spacial score (nSPS) is 13.5. The van der Waals surface area contributed by atoms with E-state index in [4.69, 9.17) is 10.00 Å². The van der Waals surface area contributed by atoms with Gasteiger partial charge in [0.05, 0.1) is 12.5 Å². The van der Waals surface area contributed by atoms with Crippen molar-refractivity contribution in [1.29, 1.82) is 5.26 Å². The van der Waals surface area contributed by atoms with Gasteiger partial charge < -0.3 is 9.64 Å². The predicted octanol–water partition coefficient (Wildman–Crippen LogP) is 1.65. The molecule has 0 aromatic heterocycles. The van der Waals surface area contributed by atoms with Crippen molar-refractivity contribution in [3.8, 4) is 6.07 Å². The second-order valence-corrected chi connectivity index (χ2v) is 6.03. The summed E-state index contributed by atoms with van der Waals surface area (Å²) in [5.74, 6) is -0.283. The molecule has 0 radical (unpaired) electrons. The summed E-state index contributed by atoms with van der Waals surface area (Å²) in [4.78, 5) is 38.2. The number of carbonyl (C=O) groups is 3. The van der Waals surface area contributed by atoms with Crippen molar-refractivity contribution >= 4 is 34.6 Å². The van der Waals surface area contributed by atoms with Crippen LogP contribution in [0.1, 0.15) is 6.42 Å². The Labute approximate surface area is 144 Å². The standard InChI is InChI=1S/C16H17N3O4S/c17-7-9-19(13-4-2-1-3-5-13)14(20)12-23-15(21)6-8-18-10-11-24-16(18)22/h1-5H,6,8-12H2. The fourth-order valence-corrected chi connectivity index (χ4v) is 3.00. The Morgan fingerprint density at radius 2 is 2.08 bits per heavy atom. The highest BCUT2D eigenvalue weighted by Crippen LogP contribution is 2.17. The third kappa shape index (κ3) is 4.99. The lowest BCUT2D eigenvalue weighted by Gasteiger charge is -2.19. The second-order valence-electron chi connectivity index (χ2n) is 4.99. The van der Waals surface area contributed by atoms with Gasteiger partial charge in [-0.25, -0.2) is 0 Å². The number of nitrogens with zero attached hydrogens (tertiary/aromatic N) is 3. The predicted molar refractivity (Wildman–Crippen MR) is 89.4 cm³/mol. The third-order valence-corrected chi connectivity index (χ3v) is 4.28. The summed E-state index contributed by atoms with van der Waals surface area (Å²) in [7, 11) is 0. The molecule has 1 aliphatic heterocycles. The number of nitriles is 1. The van der Waals surface area contributed by atoms with E-state index in [1.807, 2.05) is 6.07 Å². The molecule has 7 nitrogen and oxygen atoms in total. The van der Waals surface area contributed by atoms with Gasteiger partial charge in [-0.2, -0.15) is 5.26 Å². The molecule has 2 amide bonds. The fraction of sp³-hybridized carbons (Fsp3) is 0.375. The van der Waals surface area contributed by atoms with Crippen LogP contribution in [0.4, 0.5) is 10.5 Å². The van der Waals surface area contributed by atoms with Crippen molar-refractivity contribution in [2.24, 2.45) is 0 Å². The summed E-state index contributed by atoms with van der Waals surface area (Å²) in [5.41, 5.74) is 0.569.